The van der Waals surface area contributed by atoms with Crippen molar-refractivity contribution in [2.75, 3.05) is 19.4 Å². The summed E-state index contributed by atoms with van der Waals surface area (Å²) in [5, 5.41) is 14.2. The van der Waals surface area contributed by atoms with Gasteiger partial charge >= 0.3 is 0 Å². The Hall–Kier alpha value is -1.60. The van der Waals surface area contributed by atoms with E-state index >= 15 is 0 Å². The highest BCUT2D eigenvalue weighted by Crippen LogP contribution is 2.37. The first-order chi connectivity index (χ1) is 12.8. The Labute approximate surface area is 165 Å². The summed E-state index contributed by atoms with van der Waals surface area (Å²) in [4.78, 5) is 0.247. The van der Waals surface area contributed by atoms with Crippen LogP contribution in [0.15, 0.2) is 53.4 Å². The predicted octanol–water partition coefficient (Wildman–Crippen LogP) is 3.02. The van der Waals surface area contributed by atoms with Crippen molar-refractivity contribution in [3.05, 3.63) is 59.1 Å². The second-order valence-electron chi connectivity index (χ2n) is 7.04. The van der Waals surface area contributed by atoms with E-state index in [1.807, 2.05) is 18.2 Å². The maximum atomic E-state index is 11.4. The molecule has 146 valence electrons. The minimum atomic E-state index is -3.21. The summed E-state index contributed by atoms with van der Waals surface area (Å²) in [6.07, 6.45) is 2.59. The van der Waals surface area contributed by atoms with Crippen molar-refractivity contribution < 1.29 is 18.3 Å². The van der Waals surface area contributed by atoms with Crippen molar-refractivity contribution in [2.45, 2.75) is 35.8 Å². The molecule has 1 aliphatic rings. The Morgan fingerprint density at radius 2 is 1.93 bits per heavy atom. The maximum absolute atomic E-state index is 11.4. The minimum Gasteiger partial charge on any atom is -0.491 e. The summed E-state index contributed by atoms with van der Waals surface area (Å²) in [6.45, 7) is 0.601. The van der Waals surface area contributed by atoms with E-state index in [0.29, 0.717) is 24.3 Å². The normalized spacial score (nSPS) is 20.7. The summed E-state index contributed by atoms with van der Waals surface area (Å²) in [5.41, 5.74) is 1.27. The number of nitrogens with one attached hydrogen (secondary N) is 1. The van der Waals surface area contributed by atoms with E-state index in [1.54, 1.807) is 12.1 Å². The van der Waals surface area contributed by atoms with Gasteiger partial charge in [-0.15, -0.1) is 0 Å². The highest BCUT2D eigenvalue weighted by Gasteiger charge is 2.30. The molecular formula is C20H24ClNO4S. The van der Waals surface area contributed by atoms with Crippen molar-refractivity contribution in [1.29, 1.82) is 0 Å². The maximum Gasteiger partial charge on any atom is 0.175 e. The van der Waals surface area contributed by atoms with Gasteiger partial charge < -0.3 is 15.2 Å². The van der Waals surface area contributed by atoms with Gasteiger partial charge in [0, 0.05) is 23.9 Å². The molecule has 1 saturated carbocycles. The number of benzene rings is 2. The Morgan fingerprint density at radius 1 is 1.22 bits per heavy atom. The molecule has 2 aromatic carbocycles. The molecule has 5 nitrogen and oxygen atoms in total. The third-order valence-corrected chi connectivity index (χ3v) is 6.16. The number of sulfone groups is 1. The standard InChI is InChI=1S/C20H24ClNO4S/c1-27(24,25)20-7-5-19(6-8-20)26-13-18(23)12-22-17-10-15(11-17)14-3-2-4-16(21)9-14/h2-9,15,17-18,22-23H,10-13H2,1H3. The van der Waals surface area contributed by atoms with Crippen LogP contribution in [-0.4, -0.2) is 45.1 Å². The Bertz CT molecular complexity index is 864. The van der Waals surface area contributed by atoms with E-state index in [1.165, 1.54) is 17.7 Å². The van der Waals surface area contributed by atoms with Gasteiger partial charge in [0.2, 0.25) is 0 Å². The van der Waals surface area contributed by atoms with Crippen LogP contribution in [-0.2, 0) is 9.84 Å². The molecule has 2 N–H and O–H groups in total. The minimum absolute atomic E-state index is 0.148. The first-order valence-corrected chi connectivity index (χ1v) is 11.2. The second kappa shape index (κ2) is 8.61. The monoisotopic (exact) mass is 409 g/mol. The van der Waals surface area contributed by atoms with E-state index < -0.39 is 15.9 Å². The predicted molar refractivity (Wildman–Crippen MR) is 106 cm³/mol. The second-order valence-corrected chi connectivity index (χ2v) is 9.49. The topological polar surface area (TPSA) is 75.6 Å². The molecule has 0 bridgehead atoms. The zero-order valence-corrected chi connectivity index (χ0v) is 16.7. The number of aliphatic hydroxyl groups excluding tert-OH is 1. The van der Waals surface area contributed by atoms with Crippen molar-refractivity contribution in [3.63, 3.8) is 0 Å². The van der Waals surface area contributed by atoms with Crippen molar-refractivity contribution in [1.82, 2.24) is 5.32 Å². The van der Waals surface area contributed by atoms with Gasteiger partial charge in [-0.05, 0) is 60.7 Å². The van der Waals surface area contributed by atoms with Gasteiger partial charge in [0.25, 0.3) is 0 Å². The molecule has 27 heavy (non-hydrogen) atoms. The Kier molecular flexibility index (Phi) is 6.42. The van der Waals surface area contributed by atoms with E-state index in [0.717, 1.165) is 24.1 Å². The van der Waals surface area contributed by atoms with Gasteiger partial charge in [-0.2, -0.15) is 0 Å². The van der Waals surface area contributed by atoms with E-state index in [9.17, 15) is 13.5 Å². The lowest BCUT2D eigenvalue weighted by Gasteiger charge is -2.37. The molecule has 0 spiro atoms. The Morgan fingerprint density at radius 3 is 2.56 bits per heavy atom. The van der Waals surface area contributed by atoms with Crippen LogP contribution in [0.3, 0.4) is 0 Å². The van der Waals surface area contributed by atoms with Gasteiger partial charge in [-0.1, -0.05) is 23.7 Å². The molecule has 1 fully saturated rings. The summed E-state index contributed by atoms with van der Waals surface area (Å²) in [5.74, 6) is 1.05. The fraction of sp³-hybridized carbons (Fsp3) is 0.400. The molecule has 0 saturated heterocycles. The molecule has 1 unspecified atom stereocenters. The van der Waals surface area contributed by atoms with E-state index in [4.69, 9.17) is 16.3 Å². The van der Waals surface area contributed by atoms with Crippen molar-refractivity contribution in [2.24, 2.45) is 0 Å². The molecular weight excluding hydrogens is 386 g/mol. The molecule has 1 aliphatic carbocycles. The highest BCUT2D eigenvalue weighted by molar-refractivity contribution is 7.90. The average molecular weight is 410 g/mol. The third-order valence-electron chi connectivity index (χ3n) is 4.79. The van der Waals surface area contributed by atoms with Crippen LogP contribution in [0.25, 0.3) is 0 Å². The molecule has 3 rings (SSSR count). The lowest BCUT2D eigenvalue weighted by molar-refractivity contribution is 0.0981. The smallest absolute Gasteiger partial charge is 0.175 e. The highest BCUT2D eigenvalue weighted by atomic mass is 35.5. The molecule has 1 atom stereocenters. The number of hydrogen-bond donors (Lipinski definition) is 2. The molecule has 0 aliphatic heterocycles. The third kappa shape index (κ3) is 5.69. The van der Waals surface area contributed by atoms with Crippen LogP contribution in [0, 0.1) is 0 Å². The summed E-state index contributed by atoms with van der Waals surface area (Å²) < 4.78 is 28.4. The first kappa shape index (κ1) is 20.1. The average Bonchev–Trinajstić information content (AvgIpc) is 2.58. The summed E-state index contributed by atoms with van der Waals surface area (Å²) >= 11 is 6.03. The van der Waals surface area contributed by atoms with Crippen LogP contribution in [0.5, 0.6) is 5.75 Å². The van der Waals surface area contributed by atoms with Crippen LogP contribution in [0.1, 0.15) is 24.3 Å². The molecule has 0 radical (unpaired) electrons. The Balaban J connectivity index is 1.36. The zero-order chi connectivity index (χ0) is 19.4. The molecule has 7 heteroatoms. The van der Waals surface area contributed by atoms with Gasteiger partial charge in [0.15, 0.2) is 9.84 Å². The molecule has 2 aromatic rings. The zero-order valence-electron chi connectivity index (χ0n) is 15.1. The van der Waals surface area contributed by atoms with Crippen LogP contribution in [0.2, 0.25) is 5.02 Å². The lowest BCUT2D eigenvalue weighted by atomic mass is 9.76. The van der Waals surface area contributed by atoms with Crippen LogP contribution >= 0.6 is 11.6 Å². The van der Waals surface area contributed by atoms with Gasteiger partial charge in [0.05, 0.1) is 4.90 Å². The fourth-order valence-corrected chi connectivity index (χ4v) is 3.98. The number of halogens is 1. The largest absolute Gasteiger partial charge is 0.491 e. The quantitative estimate of drug-likeness (QED) is 0.700. The first-order valence-electron chi connectivity index (χ1n) is 8.91. The number of hydrogen-bond acceptors (Lipinski definition) is 5. The molecule has 0 aromatic heterocycles. The summed E-state index contributed by atoms with van der Waals surface area (Å²) in [6, 6.07) is 14.5. The fourth-order valence-electron chi connectivity index (χ4n) is 3.15. The van der Waals surface area contributed by atoms with Crippen LogP contribution in [0.4, 0.5) is 0 Å². The van der Waals surface area contributed by atoms with Gasteiger partial charge in [-0.25, -0.2) is 8.42 Å². The van der Waals surface area contributed by atoms with Gasteiger partial charge in [-0.3, -0.25) is 0 Å². The number of aliphatic hydroxyl groups is 1. The number of ether oxygens (including phenoxy) is 1. The van der Waals surface area contributed by atoms with Crippen LogP contribution < -0.4 is 10.1 Å². The van der Waals surface area contributed by atoms with Crippen molar-refractivity contribution >= 4 is 21.4 Å². The van der Waals surface area contributed by atoms with Crippen molar-refractivity contribution in [3.8, 4) is 5.75 Å². The van der Waals surface area contributed by atoms with E-state index in [-0.39, 0.29) is 11.5 Å². The molecule has 0 heterocycles. The lowest BCUT2D eigenvalue weighted by Crippen LogP contribution is -2.44. The van der Waals surface area contributed by atoms with Gasteiger partial charge in [0.1, 0.15) is 18.5 Å². The summed E-state index contributed by atoms with van der Waals surface area (Å²) in [7, 11) is -3.21. The number of rotatable bonds is 8. The van der Waals surface area contributed by atoms with E-state index in [2.05, 4.69) is 11.4 Å². The SMILES string of the molecule is CS(=O)(=O)c1ccc(OCC(O)CNC2CC(c3cccc(Cl)c3)C2)cc1. The molecule has 0 amide bonds.